The maximum Gasteiger partial charge on any atom is 0.406 e. The van der Waals surface area contributed by atoms with Crippen molar-refractivity contribution in [2.45, 2.75) is 57.8 Å². The Balaban J connectivity index is 0.00000392. The van der Waals surface area contributed by atoms with Crippen LogP contribution < -0.4 is 10.6 Å². The summed E-state index contributed by atoms with van der Waals surface area (Å²) in [6.45, 7) is 4.67. The van der Waals surface area contributed by atoms with Gasteiger partial charge >= 0.3 is 6.18 Å². The van der Waals surface area contributed by atoms with Crippen LogP contribution in [-0.2, 0) is 9.59 Å². The number of carbonyl (C=O) groups excluding carboxylic acids is 2. The van der Waals surface area contributed by atoms with Crippen molar-refractivity contribution in [2.75, 3.05) is 39.3 Å². The zero-order valence-electron chi connectivity index (χ0n) is 16.6. The first kappa shape index (κ1) is 25.0. The normalized spacial score (nSPS) is 23.4. The number of nitrogens with zero attached hydrogens (tertiary/aromatic N) is 2. The number of hydrogen-bond acceptors (Lipinski definition) is 4. The highest BCUT2D eigenvalue weighted by atomic mass is 35.5. The van der Waals surface area contributed by atoms with Gasteiger partial charge in [0.1, 0.15) is 6.54 Å². The first-order valence-electron chi connectivity index (χ1n) is 9.75. The minimum absolute atomic E-state index is 0. The zero-order valence-corrected chi connectivity index (χ0v) is 17.4. The third-order valence-electron chi connectivity index (χ3n) is 5.20. The van der Waals surface area contributed by atoms with Gasteiger partial charge in [-0.25, -0.2) is 0 Å². The second kappa shape index (κ2) is 11.2. The number of piperidine rings is 1. The minimum atomic E-state index is -4.40. The predicted molar refractivity (Wildman–Crippen MR) is 103 cm³/mol. The Morgan fingerprint density at radius 3 is 2.54 bits per heavy atom. The van der Waals surface area contributed by atoms with Crippen molar-refractivity contribution in [3.05, 3.63) is 0 Å². The molecule has 2 fully saturated rings. The molecule has 2 saturated heterocycles. The van der Waals surface area contributed by atoms with Crippen LogP contribution in [0.1, 0.15) is 39.5 Å². The fourth-order valence-corrected chi connectivity index (χ4v) is 3.77. The van der Waals surface area contributed by atoms with Gasteiger partial charge in [0.05, 0.1) is 12.6 Å². The molecule has 2 atom stereocenters. The maximum atomic E-state index is 12.7. The molecule has 2 amide bonds. The molecule has 0 aromatic heterocycles. The molecule has 2 aliphatic rings. The molecule has 28 heavy (non-hydrogen) atoms. The molecular formula is C18H32ClF3N4O2. The van der Waals surface area contributed by atoms with E-state index in [1.807, 2.05) is 4.90 Å². The second-order valence-electron chi connectivity index (χ2n) is 7.87. The van der Waals surface area contributed by atoms with E-state index in [1.54, 1.807) is 13.8 Å². The van der Waals surface area contributed by atoms with Crippen LogP contribution >= 0.6 is 12.4 Å². The van der Waals surface area contributed by atoms with E-state index in [2.05, 4.69) is 10.6 Å². The van der Waals surface area contributed by atoms with Crippen molar-refractivity contribution < 1.29 is 22.8 Å². The highest BCUT2D eigenvalue weighted by Crippen LogP contribution is 2.20. The standard InChI is InChI=1S/C18H31F3N4O2.ClH/c1-13(2)25(12-18(19,20)21)16(26)11-24-8-4-5-14(10-24)9-23-17(27)15-6-3-7-22-15;/h13-15,22H,3-12H2,1-2H3,(H,23,27);1H. The molecule has 0 aliphatic carbocycles. The van der Waals surface area contributed by atoms with Crippen molar-refractivity contribution in [3.8, 4) is 0 Å². The van der Waals surface area contributed by atoms with Crippen LogP contribution in [0, 0.1) is 5.92 Å². The number of halogens is 4. The molecule has 0 saturated carbocycles. The number of nitrogens with one attached hydrogen (secondary N) is 2. The van der Waals surface area contributed by atoms with E-state index in [9.17, 15) is 22.8 Å². The molecule has 0 aromatic carbocycles. The molecule has 2 unspecified atom stereocenters. The van der Waals surface area contributed by atoms with Gasteiger partial charge in [-0.2, -0.15) is 13.2 Å². The molecule has 2 N–H and O–H groups in total. The van der Waals surface area contributed by atoms with E-state index in [1.165, 1.54) is 0 Å². The van der Waals surface area contributed by atoms with Crippen molar-refractivity contribution in [3.63, 3.8) is 0 Å². The lowest BCUT2D eigenvalue weighted by Gasteiger charge is -2.35. The molecular weight excluding hydrogens is 397 g/mol. The van der Waals surface area contributed by atoms with Crippen LogP contribution in [-0.4, -0.2) is 79.1 Å². The van der Waals surface area contributed by atoms with Crippen LogP contribution in [0.5, 0.6) is 0 Å². The zero-order chi connectivity index (χ0) is 20.0. The van der Waals surface area contributed by atoms with Crippen LogP contribution in [0.15, 0.2) is 0 Å². The Hall–Kier alpha value is -1.06. The van der Waals surface area contributed by atoms with E-state index in [4.69, 9.17) is 0 Å². The summed E-state index contributed by atoms with van der Waals surface area (Å²) < 4.78 is 38.2. The lowest BCUT2D eigenvalue weighted by atomic mass is 9.97. The van der Waals surface area contributed by atoms with E-state index in [0.717, 1.165) is 37.1 Å². The summed E-state index contributed by atoms with van der Waals surface area (Å²) in [5.41, 5.74) is 0. The maximum absolute atomic E-state index is 12.7. The number of rotatable bonds is 7. The fourth-order valence-electron chi connectivity index (χ4n) is 3.77. The largest absolute Gasteiger partial charge is 0.406 e. The van der Waals surface area contributed by atoms with Gasteiger partial charge in [0.2, 0.25) is 11.8 Å². The summed E-state index contributed by atoms with van der Waals surface area (Å²) >= 11 is 0. The molecule has 6 nitrogen and oxygen atoms in total. The molecule has 0 bridgehead atoms. The van der Waals surface area contributed by atoms with Crippen LogP contribution in [0.3, 0.4) is 0 Å². The Morgan fingerprint density at radius 2 is 1.96 bits per heavy atom. The van der Waals surface area contributed by atoms with Gasteiger partial charge in [0.15, 0.2) is 0 Å². The lowest BCUT2D eigenvalue weighted by molar-refractivity contribution is -0.165. The van der Waals surface area contributed by atoms with Crippen LogP contribution in [0.25, 0.3) is 0 Å². The summed E-state index contributed by atoms with van der Waals surface area (Å²) in [5, 5.41) is 6.12. The van der Waals surface area contributed by atoms with E-state index in [-0.39, 0.29) is 36.8 Å². The summed E-state index contributed by atoms with van der Waals surface area (Å²) in [5.74, 6) is -0.272. The first-order valence-corrected chi connectivity index (χ1v) is 9.75. The third-order valence-corrected chi connectivity index (χ3v) is 5.20. The molecule has 2 heterocycles. The molecule has 164 valence electrons. The summed E-state index contributed by atoms with van der Waals surface area (Å²) in [7, 11) is 0. The summed E-state index contributed by atoms with van der Waals surface area (Å²) in [6.07, 6.45) is -0.734. The highest BCUT2D eigenvalue weighted by molar-refractivity contribution is 5.85. The number of carbonyl (C=O) groups is 2. The number of alkyl halides is 3. The SMILES string of the molecule is CC(C)N(CC(F)(F)F)C(=O)CN1CCCC(CNC(=O)C2CCCN2)C1.Cl. The molecule has 0 radical (unpaired) electrons. The van der Waals surface area contributed by atoms with Gasteiger partial charge in [-0.05, 0) is 58.5 Å². The fraction of sp³-hybridized carbons (Fsp3) is 0.889. The number of likely N-dealkylation sites (tertiary alicyclic amines) is 1. The number of hydrogen-bond donors (Lipinski definition) is 2. The van der Waals surface area contributed by atoms with Crippen LogP contribution in [0.2, 0.25) is 0 Å². The van der Waals surface area contributed by atoms with Crippen LogP contribution in [0.4, 0.5) is 13.2 Å². The topological polar surface area (TPSA) is 64.7 Å². The summed E-state index contributed by atoms with van der Waals surface area (Å²) in [4.78, 5) is 27.3. The average Bonchev–Trinajstić information content (AvgIpc) is 3.11. The average molecular weight is 429 g/mol. The highest BCUT2D eigenvalue weighted by Gasteiger charge is 2.35. The van der Waals surface area contributed by atoms with Gasteiger partial charge in [0, 0.05) is 19.1 Å². The van der Waals surface area contributed by atoms with E-state index >= 15 is 0 Å². The number of amides is 2. The molecule has 0 spiro atoms. The van der Waals surface area contributed by atoms with E-state index < -0.39 is 24.7 Å². The minimum Gasteiger partial charge on any atom is -0.354 e. The molecule has 2 aliphatic heterocycles. The smallest absolute Gasteiger partial charge is 0.354 e. The van der Waals surface area contributed by atoms with Crippen molar-refractivity contribution in [1.82, 2.24) is 20.4 Å². The van der Waals surface area contributed by atoms with Crippen molar-refractivity contribution >= 4 is 24.2 Å². The quantitative estimate of drug-likeness (QED) is 0.649. The van der Waals surface area contributed by atoms with E-state index in [0.29, 0.717) is 19.6 Å². The van der Waals surface area contributed by atoms with Gasteiger partial charge in [-0.15, -0.1) is 12.4 Å². The van der Waals surface area contributed by atoms with Crippen molar-refractivity contribution in [2.24, 2.45) is 5.92 Å². The lowest BCUT2D eigenvalue weighted by Crippen LogP contribution is -2.50. The Kier molecular flexibility index (Phi) is 10.00. The predicted octanol–water partition coefficient (Wildman–Crippen LogP) is 1.79. The van der Waals surface area contributed by atoms with Gasteiger partial charge in [0.25, 0.3) is 0 Å². The Morgan fingerprint density at radius 1 is 1.25 bits per heavy atom. The molecule has 10 heteroatoms. The van der Waals surface area contributed by atoms with Gasteiger partial charge < -0.3 is 15.5 Å². The Bertz CT molecular complexity index is 514. The second-order valence-corrected chi connectivity index (χ2v) is 7.87. The first-order chi connectivity index (χ1) is 12.7. The van der Waals surface area contributed by atoms with Gasteiger partial charge in [-0.3, -0.25) is 14.5 Å². The molecule has 2 rings (SSSR count). The van der Waals surface area contributed by atoms with Gasteiger partial charge in [-0.1, -0.05) is 0 Å². The third kappa shape index (κ3) is 8.13. The Labute approximate surface area is 171 Å². The monoisotopic (exact) mass is 428 g/mol. The van der Waals surface area contributed by atoms with Crippen molar-refractivity contribution in [1.29, 1.82) is 0 Å². The summed E-state index contributed by atoms with van der Waals surface area (Å²) in [6, 6.07) is -0.619. The molecule has 0 aromatic rings.